The van der Waals surface area contributed by atoms with Crippen LogP contribution in [0.4, 0.5) is 8.78 Å². The summed E-state index contributed by atoms with van der Waals surface area (Å²) in [6, 6.07) is 5.63. The monoisotopic (exact) mass is 411 g/mol. The average Bonchev–Trinajstić information content (AvgIpc) is 2.73. The number of aromatic nitrogens is 1. The van der Waals surface area contributed by atoms with Crippen LogP contribution < -0.4 is 11.0 Å². The molecule has 0 aliphatic heterocycles. The molecule has 30 heavy (non-hydrogen) atoms. The fourth-order valence-corrected chi connectivity index (χ4v) is 2.84. The fraction of sp³-hybridized carbons (Fsp3) is 0.261. The smallest absolute Gasteiger partial charge is 0.256 e. The van der Waals surface area contributed by atoms with Crippen LogP contribution in [0.1, 0.15) is 24.5 Å². The number of pyridine rings is 1. The van der Waals surface area contributed by atoms with Crippen molar-refractivity contribution in [2.45, 2.75) is 18.9 Å². The summed E-state index contributed by atoms with van der Waals surface area (Å²) >= 11 is 0. The molecular weight excluding hydrogens is 388 g/mol. The lowest BCUT2D eigenvalue weighted by atomic mass is 9.84. The van der Waals surface area contributed by atoms with E-state index >= 15 is 0 Å². The lowest BCUT2D eigenvalue weighted by Gasteiger charge is -2.27. The third-order valence-electron chi connectivity index (χ3n) is 4.60. The van der Waals surface area contributed by atoms with Crippen molar-refractivity contribution in [3.05, 3.63) is 81.4 Å². The number of rotatable bonds is 5. The van der Waals surface area contributed by atoms with E-state index in [-0.39, 0.29) is 17.5 Å². The molecule has 7 heteroatoms. The molecule has 1 unspecified atom stereocenters. The molecule has 0 aliphatic carbocycles. The number of nitrogens with zero attached hydrogens (tertiary/aromatic N) is 2. The zero-order valence-corrected chi connectivity index (χ0v) is 17.3. The van der Waals surface area contributed by atoms with E-state index in [0.29, 0.717) is 5.70 Å². The topological polar surface area (TPSA) is 57.5 Å². The fourth-order valence-electron chi connectivity index (χ4n) is 2.84. The lowest BCUT2D eigenvalue weighted by Crippen LogP contribution is -2.36. The minimum atomic E-state index is -2.15. The Morgan fingerprint density at radius 3 is 2.70 bits per heavy atom. The van der Waals surface area contributed by atoms with E-state index in [9.17, 15) is 18.7 Å². The predicted molar refractivity (Wildman–Crippen MR) is 112 cm³/mol. The number of hydrazine groups is 1. The number of nitrogens with one attached hydrogen (secondary N) is 1. The Labute approximate surface area is 174 Å². The molecule has 1 heterocycles. The highest BCUT2D eigenvalue weighted by Gasteiger charge is 2.36. The summed E-state index contributed by atoms with van der Waals surface area (Å²) in [6.45, 7) is 1.82. The molecule has 1 aromatic heterocycles. The highest BCUT2D eigenvalue weighted by molar-refractivity contribution is 5.40. The molecule has 0 fully saturated rings. The number of aryl methyl sites for hydroxylation is 1. The first-order chi connectivity index (χ1) is 14.2. The number of aliphatic hydroxyl groups is 1. The van der Waals surface area contributed by atoms with Crippen molar-refractivity contribution in [3.8, 4) is 23.7 Å². The first kappa shape index (κ1) is 22.9. The lowest BCUT2D eigenvalue weighted by molar-refractivity contribution is 0.0800. The van der Waals surface area contributed by atoms with Gasteiger partial charge in [-0.2, -0.15) is 0 Å². The molecule has 0 bridgehead atoms. The van der Waals surface area contributed by atoms with Crippen LogP contribution in [-0.4, -0.2) is 28.8 Å². The van der Waals surface area contributed by atoms with Crippen LogP contribution in [0.15, 0.2) is 53.1 Å². The highest BCUT2D eigenvalue weighted by atomic mass is 19.1. The molecule has 0 saturated heterocycles. The van der Waals surface area contributed by atoms with Crippen molar-refractivity contribution in [3.63, 3.8) is 0 Å². The van der Waals surface area contributed by atoms with Crippen LogP contribution in [-0.2, 0) is 12.6 Å². The van der Waals surface area contributed by atoms with E-state index in [1.165, 1.54) is 29.9 Å². The van der Waals surface area contributed by atoms with Crippen LogP contribution in [0.2, 0.25) is 0 Å². The van der Waals surface area contributed by atoms with Gasteiger partial charge in [0.2, 0.25) is 0 Å². The predicted octanol–water partition coefficient (Wildman–Crippen LogP) is 2.27. The molecule has 156 valence electrons. The van der Waals surface area contributed by atoms with Gasteiger partial charge in [0.05, 0.1) is 11.3 Å². The third kappa shape index (κ3) is 4.96. The maximum Gasteiger partial charge on any atom is 0.256 e. The molecule has 0 radical (unpaired) electrons. The molecule has 0 spiro atoms. The normalized spacial score (nSPS) is 12.8. The number of benzene rings is 1. The largest absolute Gasteiger partial charge is 0.379 e. The van der Waals surface area contributed by atoms with Crippen LogP contribution in [0.5, 0.6) is 0 Å². The van der Waals surface area contributed by atoms with Gasteiger partial charge >= 0.3 is 0 Å². The van der Waals surface area contributed by atoms with Gasteiger partial charge in [0.1, 0.15) is 17.2 Å². The highest BCUT2D eigenvalue weighted by Crippen LogP contribution is 2.33. The first-order valence-electron chi connectivity index (χ1n) is 9.15. The summed E-state index contributed by atoms with van der Waals surface area (Å²) in [4.78, 5) is 12.6. The summed E-state index contributed by atoms with van der Waals surface area (Å²) in [5, 5.41) is 13.0. The van der Waals surface area contributed by atoms with Crippen molar-refractivity contribution in [2.24, 2.45) is 7.05 Å². The maximum atomic E-state index is 14.5. The molecule has 5 nitrogen and oxygen atoms in total. The van der Waals surface area contributed by atoms with Gasteiger partial charge in [-0.1, -0.05) is 12.0 Å². The Bertz CT molecular complexity index is 1130. The van der Waals surface area contributed by atoms with Gasteiger partial charge in [-0.15, -0.1) is 0 Å². The van der Waals surface area contributed by atoms with Gasteiger partial charge in [-0.05, 0) is 55.0 Å². The minimum absolute atomic E-state index is 0.108. The van der Waals surface area contributed by atoms with Gasteiger partial charge in [-0.3, -0.25) is 4.79 Å². The second-order valence-corrected chi connectivity index (χ2v) is 6.51. The SMILES string of the molecule is C/C=C(/C#CC#CCC(O)(c1cc(F)ccc1F)c1cccn(C)c1=O)N(C)NC. The molecular formula is C23H23F2N3O2. The van der Waals surface area contributed by atoms with Crippen molar-refractivity contribution in [1.29, 1.82) is 0 Å². The van der Waals surface area contributed by atoms with Crippen molar-refractivity contribution in [1.82, 2.24) is 15.0 Å². The van der Waals surface area contributed by atoms with E-state index in [4.69, 9.17) is 0 Å². The summed E-state index contributed by atoms with van der Waals surface area (Å²) < 4.78 is 29.6. The number of hydrogen-bond acceptors (Lipinski definition) is 4. The molecule has 2 rings (SSSR count). The van der Waals surface area contributed by atoms with Crippen molar-refractivity contribution < 1.29 is 13.9 Å². The molecule has 1 atom stereocenters. The summed E-state index contributed by atoms with van der Waals surface area (Å²) in [6.07, 6.45) is 2.94. The van der Waals surface area contributed by atoms with Crippen molar-refractivity contribution >= 4 is 0 Å². The Kier molecular flexibility index (Phi) is 7.54. The van der Waals surface area contributed by atoms with E-state index < -0.39 is 22.8 Å². The van der Waals surface area contributed by atoms with Crippen LogP contribution in [0.3, 0.4) is 0 Å². The van der Waals surface area contributed by atoms with E-state index in [2.05, 4.69) is 29.1 Å². The van der Waals surface area contributed by atoms with Crippen LogP contribution in [0.25, 0.3) is 0 Å². The van der Waals surface area contributed by atoms with Gasteiger partial charge in [0.25, 0.3) is 5.56 Å². The molecule has 1 aromatic carbocycles. The van der Waals surface area contributed by atoms with Gasteiger partial charge < -0.3 is 14.7 Å². The van der Waals surface area contributed by atoms with E-state index in [0.717, 1.165) is 18.2 Å². The third-order valence-corrected chi connectivity index (χ3v) is 4.60. The number of halogens is 2. The quantitative estimate of drug-likeness (QED) is 0.586. The van der Waals surface area contributed by atoms with Crippen LogP contribution >= 0.6 is 0 Å². The average molecular weight is 411 g/mol. The summed E-state index contributed by atoms with van der Waals surface area (Å²) in [5.74, 6) is 9.20. The molecule has 2 aromatic rings. The number of allylic oxidation sites excluding steroid dienone is 2. The number of hydrogen-bond donors (Lipinski definition) is 2. The molecule has 0 aliphatic rings. The van der Waals surface area contributed by atoms with Gasteiger partial charge in [0.15, 0.2) is 0 Å². The van der Waals surface area contributed by atoms with Crippen LogP contribution in [0, 0.1) is 35.3 Å². The Morgan fingerprint density at radius 2 is 2.03 bits per heavy atom. The standard InChI is InChI=1S/C23H23F2N3O2/c1-5-18(28(4)26-2)10-7-6-8-14-23(30,19-11-9-15-27(3)22(19)29)20-16-17(24)12-13-21(20)25/h5,9,11-13,15-16,26,30H,14H2,1-4H3/b18-5-. The van der Waals surface area contributed by atoms with E-state index in [1.54, 1.807) is 25.2 Å². The Morgan fingerprint density at radius 1 is 1.30 bits per heavy atom. The second-order valence-electron chi connectivity index (χ2n) is 6.51. The minimum Gasteiger partial charge on any atom is -0.379 e. The Balaban J connectivity index is 2.52. The first-order valence-corrected chi connectivity index (χ1v) is 9.15. The zero-order chi connectivity index (χ0) is 22.3. The molecule has 0 saturated carbocycles. The van der Waals surface area contributed by atoms with Gasteiger partial charge in [0, 0.05) is 39.3 Å². The maximum absolute atomic E-state index is 14.5. The summed E-state index contributed by atoms with van der Waals surface area (Å²) in [7, 11) is 5.03. The van der Waals surface area contributed by atoms with E-state index in [1.807, 2.05) is 6.92 Å². The second kappa shape index (κ2) is 9.89. The molecule has 2 N–H and O–H groups in total. The van der Waals surface area contributed by atoms with Gasteiger partial charge in [-0.25, -0.2) is 14.2 Å². The zero-order valence-electron chi connectivity index (χ0n) is 17.3. The molecule has 0 amide bonds. The van der Waals surface area contributed by atoms with Crippen molar-refractivity contribution in [2.75, 3.05) is 14.1 Å². The summed E-state index contributed by atoms with van der Waals surface area (Å²) in [5.41, 5.74) is 0.422. The Hall–Kier alpha value is -3.39.